The molecule has 1 atom stereocenters. The van der Waals surface area contributed by atoms with Crippen LogP contribution in [0.25, 0.3) is 0 Å². The highest BCUT2D eigenvalue weighted by atomic mass is 16.5. The number of hydrogen-bond donors (Lipinski definition) is 1. The van der Waals surface area contributed by atoms with Gasteiger partial charge in [-0.3, -0.25) is 14.6 Å². The largest absolute Gasteiger partial charge is 0.370 e. The number of amides is 2. The van der Waals surface area contributed by atoms with Crippen LogP contribution in [0.4, 0.5) is 5.82 Å². The molecule has 1 aliphatic rings. The average molecular weight is 326 g/mol. The predicted octanol–water partition coefficient (Wildman–Crippen LogP) is 1.65. The fraction of sp³-hybridized carbons (Fsp3) is 0.294. The van der Waals surface area contributed by atoms with Gasteiger partial charge in [-0.15, -0.1) is 0 Å². The minimum atomic E-state index is -0.226. The van der Waals surface area contributed by atoms with Crippen LogP contribution >= 0.6 is 0 Å². The second kappa shape index (κ2) is 7.18. The van der Waals surface area contributed by atoms with E-state index in [2.05, 4.69) is 15.3 Å². The first-order valence-corrected chi connectivity index (χ1v) is 7.68. The van der Waals surface area contributed by atoms with Crippen LogP contribution in [0.3, 0.4) is 0 Å². The molecule has 24 heavy (non-hydrogen) atoms. The molecule has 2 aromatic rings. The van der Waals surface area contributed by atoms with Crippen molar-refractivity contribution < 1.29 is 14.3 Å². The number of morpholine rings is 1. The summed E-state index contributed by atoms with van der Waals surface area (Å²) in [7, 11) is 0. The first kappa shape index (κ1) is 16.1. The maximum Gasteiger partial charge on any atom is 0.254 e. The van der Waals surface area contributed by atoms with E-state index in [1.54, 1.807) is 29.4 Å². The second-order valence-corrected chi connectivity index (χ2v) is 5.50. The first-order valence-electron chi connectivity index (χ1n) is 7.68. The van der Waals surface area contributed by atoms with Gasteiger partial charge in [0.15, 0.2) is 0 Å². The van der Waals surface area contributed by atoms with E-state index < -0.39 is 0 Å². The summed E-state index contributed by atoms with van der Waals surface area (Å²) in [6.45, 7) is 2.87. The number of carbonyl (C=O) groups excluding carboxylic acids is 2. The molecule has 1 unspecified atom stereocenters. The molecule has 7 nitrogen and oxygen atoms in total. The van der Waals surface area contributed by atoms with E-state index in [0.717, 1.165) is 5.56 Å². The summed E-state index contributed by atoms with van der Waals surface area (Å²) < 4.78 is 5.77. The number of hydrogen-bond acceptors (Lipinski definition) is 5. The maximum absolute atomic E-state index is 12.7. The van der Waals surface area contributed by atoms with Gasteiger partial charge in [0.05, 0.1) is 13.2 Å². The Bertz CT molecular complexity index is 736. The third-order valence-electron chi connectivity index (χ3n) is 3.74. The van der Waals surface area contributed by atoms with Crippen LogP contribution in [-0.4, -0.2) is 46.4 Å². The van der Waals surface area contributed by atoms with Gasteiger partial charge >= 0.3 is 0 Å². The van der Waals surface area contributed by atoms with Crippen LogP contribution in [0.2, 0.25) is 0 Å². The van der Waals surface area contributed by atoms with Crippen LogP contribution in [0.5, 0.6) is 0 Å². The van der Waals surface area contributed by atoms with Gasteiger partial charge in [-0.25, -0.2) is 4.98 Å². The van der Waals surface area contributed by atoms with Crippen LogP contribution in [-0.2, 0) is 9.53 Å². The summed E-state index contributed by atoms with van der Waals surface area (Å²) >= 11 is 0. The van der Waals surface area contributed by atoms with Gasteiger partial charge < -0.3 is 15.0 Å². The fourth-order valence-corrected chi connectivity index (χ4v) is 2.61. The topological polar surface area (TPSA) is 84.4 Å². The van der Waals surface area contributed by atoms with Crippen molar-refractivity contribution in [1.82, 2.24) is 14.9 Å². The Morgan fingerprint density at radius 1 is 1.25 bits per heavy atom. The summed E-state index contributed by atoms with van der Waals surface area (Å²) in [5.74, 6) is 0.0369. The Balaban J connectivity index is 1.74. The number of nitrogens with zero attached hydrogens (tertiary/aromatic N) is 3. The van der Waals surface area contributed by atoms with E-state index >= 15 is 0 Å². The van der Waals surface area contributed by atoms with Crippen molar-refractivity contribution >= 4 is 17.6 Å². The molecule has 0 spiro atoms. The van der Waals surface area contributed by atoms with Crippen molar-refractivity contribution in [3.63, 3.8) is 0 Å². The molecule has 1 aliphatic heterocycles. The fourth-order valence-electron chi connectivity index (χ4n) is 2.61. The Morgan fingerprint density at radius 3 is 2.79 bits per heavy atom. The van der Waals surface area contributed by atoms with E-state index in [1.165, 1.54) is 13.1 Å². The Morgan fingerprint density at radius 2 is 2.04 bits per heavy atom. The lowest BCUT2D eigenvalue weighted by Crippen LogP contribution is -2.42. The van der Waals surface area contributed by atoms with Gasteiger partial charge in [0.25, 0.3) is 5.91 Å². The van der Waals surface area contributed by atoms with Gasteiger partial charge in [-0.1, -0.05) is 0 Å². The first-order chi connectivity index (χ1) is 11.6. The number of ether oxygens (including phenoxy) is 1. The summed E-state index contributed by atoms with van der Waals surface area (Å²) in [5.41, 5.74) is 1.49. The molecule has 1 saturated heterocycles. The lowest BCUT2D eigenvalue weighted by Gasteiger charge is -2.33. The normalized spacial score (nSPS) is 17.4. The molecule has 2 aromatic heterocycles. The number of nitrogens with one attached hydrogen (secondary N) is 1. The molecule has 0 aromatic carbocycles. The van der Waals surface area contributed by atoms with Crippen LogP contribution in [0.1, 0.15) is 28.9 Å². The van der Waals surface area contributed by atoms with Gasteiger partial charge in [0, 0.05) is 37.6 Å². The predicted molar refractivity (Wildman–Crippen MR) is 87.4 cm³/mol. The smallest absolute Gasteiger partial charge is 0.254 e. The molecule has 1 N–H and O–H groups in total. The quantitative estimate of drug-likeness (QED) is 0.927. The zero-order valence-corrected chi connectivity index (χ0v) is 13.3. The second-order valence-electron chi connectivity index (χ2n) is 5.50. The van der Waals surface area contributed by atoms with E-state index in [4.69, 9.17) is 4.74 Å². The molecule has 7 heteroatoms. The summed E-state index contributed by atoms with van der Waals surface area (Å²) in [6.07, 6.45) is 4.77. The van der Waals surface area contributed by atoms with E-state index in [9.17, 15) is 9.59 Å². The summed E-state index contributed by atoms with van der Waals surface area (Å²) in [6, 6.07) is 7.01. The minimum Gasteiger partial charge on any atom is -0.370 e. The van der Waals surface area contributed by atoms with E-state index in [0.29, 0.717) is 31.1 Å². The molecule has 0 aliphatic carbocycles. The Hall–Kier alpha value is -2.80. The highest BCUT2D eigenvalue weighted by molar-refractivity contribution is 5.96. The molecule has 2 amide bonds. The standard InChI is InChI=1S/C17H18N4O3/c1-12(22)20-16-10-14(4-7-19-16)17(23)21-8-9-24-15(11-21)13-2-5-18-6-3-13/h2-7,10,15H,8-9,11H2,1H3,(H,19,20,22). The van der Waals surface area contributed by atoms with Crippen molar-refractivity contribution in [1.29, 1.82) is 0 Å². The molecule has 1 fully saturated rings. The van der Waals surface area contributed by atoms with Crippen molar-refractivity contribution in [3.05, 3.63) is 54.0 Å². The summed E-state index contributed by atoms with van der Waals surface area (Å²) in [5, 5.41) is 2.59. The molecule has 124 valence electrons. The third kappa shape index (κ3) is 3.75. The zero-order valence-electron chi connectivity index (χ0n) is 13.3. The number of rotatable bonds is 3. The highest BCUT2D eigenvalue weighted by Crippen LogP contribution is 2.23. The molecular formula is C17H18N4O3. The van der Waals surface area contributed by atoms with Crippen molar-refractivity contribution in [2.75, 3.05) is 25.0 Å². The number of aromatic nitrogens is 2. The van der Waals surface area contributed by atoms with E-state index in [-0.39, 0.29) is 17.9 Å². The lowest BCUT2D eigenvalue weighted by atomic mass is 10.1. The Kier molecular flexibility index (Phi) is 4.81. The molecular weight excluding hydrogens is 308 g/mol. The van der Waals surface area contributed by atoms with Crippen LogP contribution < -0.4 is 5.32 Å². The van der Waals surface area contributed by atoms with Crippen LogP contribution in [0.15, 0.2) is 42.9 Å². The summed E-state index contributed by atoms with van der Waals surface area (Å²) in [4.78, 5) is 33.6. The lowest BCUT2D eigenvalue weighted by molar-refractivity contribution is -0.114. The van der Waals surface area contributed by atoms with Gasteiger partial charge in [0.1, 0.15) is 11.9 Å². The molecule has 0 bridgehead atoms. The maximum atomic E-state index is 12.7. The highest BCUT2D eigenvalue weighted by Gasteiger charge is 2.26. The molecule has 3 heterocycles. The van der Waals surface area contributed by atoms with Crippen molar-refractivity contribution in [2.45, 2.75) is 13.0 Å². The van der Waals surface area contributed by atoms with Gasteiger partial charge in [-0.2, -0.15) is 0 Å². The average Bonchev–Trinajstić information content (AvgIpc) is 2.62. The monoisotopic (exact) mass is 326 g/mol. The van der Waals surface area contributed by atoms with Crippen LogP contribution in [0, 0.1) is 0 Å². The minimum absolute atomic E-state index is 0.105. The van der Waals surface area contributed by atoms with Crippen molar-refractivity contribution in [3.8, 4) is 0 Å². The zero-order chi connectivity index (χ0) is 16.9. The molecule has 0 saturated carbocycles. The molecule has 3 rings (SSSR count). The SMILES string of the molecule is CC(=O)Nc1cc(C(=O)N2CCOC(c3ccncc3)C2)ccn1. The number of anilines is 1. The number of pyridine rings is 2. The van der Waals surface area contributed by atoms with E-state index in [1.807, 2.05) is 12.1 Å². The Labute approximate surface area is 139 Å². The third-order valence-corrected chi connectivity index (χ3v) is 3.74. The van der Waals surface area contributed by atoms with Crippen molar-refractivity contribution in [2.24, 2.45) is 0 Å². The molecule has 0 radical (unpaired) electrons. The number of carbonyl (C=O) groups is 2. The van der Waals surface area contributed by atoms with Gasteiger partial charge in [0.2, 0.25) is 5.91 Å². The van der Waals surface area contributed by atoms with Gasteiger partial charge in [-0.05, 0) is 29.8 Å².